The van der Waals surface area contributed by atoms with Crippen LogP contribution in [0.5, 0.6) is 0 Å². The van der Waals surface area contributed by atoms with E-state index >= 15 is 0 Å². The third-order valence-corrected chi connectivity index (χ3v) is 4.09. The fourth-order valence-corrected chi connectivity index (χ4v) is 3.10. The maximum atomic E-state index is 13.8. The molecule has 0 radical (unpaired) electrons. The second-order valence-corrected chi connectivity index (χ2v) is 5.43. The van der Waals surface area contributed by atoms with Crippen molar-refractivity contribution in [1.29, 1.82) is 0 Å². The van der Waals surface area contributed by atoms with E-state index in [-0.39, 0.29) is 11.9 Å². The summed E-state index contributed by atoms with van der Waals surface area (Å²) in [4.78, 5) is 2.93. The lowest BCUT2D eigenvalue weighted by molar-refractivity contribution is 0.636. The minimum absolute atomic E-state index is 0.0771. The lowest BCUT2D eigenvalue weighted by Gasteiger charge is -2.16. The highest BCUT2D eigenvalue weighted by atomic mass is 35.5. The number of nitrogens with zero attached hydrogens (tertiary/aromatic N) is 1. The highest BCUT2D eigenvalue weighted by Crippen LogP contribution is 2.29. The number of H-pyrrole nitrogens is 1. The first-order valence-corrected chi connectivity index (χ1v) is 7.01. The second kappa shape index (κ2) is 5.04. The number of halogens is 2. The van der Waals surface area contributed by atoms with Crippen molar-refractivity contribution in [2.24, 2.45) is 0 Å². The van der Waals surface area contributed by atoms with Crippen LogP contribution in [0.4, 0.5) is 4.39 Å². The van der Waals surface area contributed by atoms with Crippen LogP contribution in [0, 0.1) is 10.6 Å². The molecule has 1 unspecified atom stereocenters. The molecule has 0 aliphatic carbocycles. The maximum absolute atomic E-state index is 13.8. The van der Waals surface area contributed by atoms with Crippen molar-refractivity contribution in [2.75, 3.05) is 0 Å². The largest absolute Gasteiger partial charge is 0.328 e. The minimum Gasteiger partial charge on any atom is -0.328 e. The Kier molecular flexibility index (Phi) is 3.36. The molecule has 0 amide bonds. The second-order valence-electron chi connectivity index (χ2n) is 4.63. The average Bonchev–Trinajstić information content (AvgIpc) is 2.76. The zero-order valence-corrected chi connectivity index (χ0v) is 12.3. The van der Waals surface area contributed by atoms with Crippen molar-refractivity contribution in [2.45, 2.75) is 13.0 Å². The number of nitrogens with one attached hydrogen (secondary N) is 1. The summed E-state index contributed by atoms with van der Waals surface area (Å²) in [5.74, 6) is -0.307. The summed E-state index contributed by atoms with van der Waals surface area (Å²) in [5, 5.41) is 0.674. The van der Waals surface area contributed by atoms with Crippen LogP contribution >= 0.6 is 23.8 Å². The molecule has 0 spiro atoms. The minimum atomic E-state index is -0.307. The van der Waals surface area contributed by atoms with Crippen LogP contribution in [0.25, 0.3) is 11.0 Å². The van der Waals surface area contributed by atoms with Gasteiger partial charge in [-0.3, -0.25) is 0 Å². The van der Waals surface area contributed by atoms with Gasteiger partial charge in [0.15, 0.2) is 4.77 Å². The molecule has 102 valence electrons. The molecule has 5 heteroatoms. The smallest absolute Gasteiger partial charge is 0.178 e. The summed E-state index contributed by atoms with van der Waals surface area (Å²) < 4.78 is 16.2. The van der Waals surface area contributed by atoms with Crippen LogP contribution in [0.2, 0.25) is 5.02 Å². The number of hydrogen-bond donors (Lipinski definition) is 1. The molecule has 1 heterocycles. The SMILES string of the molecule is CC(c1ccccc1Cl)n1c(=S)[nH]c2c(F)cccc21. The molecule has 0 saturated heterocycles. The van der Waals surface area contributed by atoms with E-state index in [0.717, 1.165) is 11.1 Å². The van der Waals surface area contributed by atoms with Crippen molar-refractivity contribution in [3.8, 4) is 0 Å². The summed E-state index contributed by atoms with van der Waals surface area (Å²) in [6, 6.07) is 12.5. The molecule has 1 atom stereocenters. The Hall–Kier alpha value is -1.65. The Labute approximate surface area is 125 Å². The van der Waals surface area contributed by atoms with Crippen molar-refractivity contribution in [3.63, 3.8) is 0 Å². The van der Waals surface area contributed by atoms with Gasteiger partial charge in [0.1, 0.15) is 11.3 Å². The number of benzene rings is 2. The summed E-state index contributed by atoms with van der Waals surface area (Å²) in [7, 11) is 0. The van der Waals surface area contributed by atoms with E-state index in [0.29, 0.717) is 15.3 Å². The maximum Gasteiger partial charge on any atom is 0.178 e. The van der Waals surface area contributed by atoms with E-state index < -0.39 is 0 Å². The summed E-state index contributed by atoms with van der Waals surface area (Å²) >= 11 is 11.6. The van der Waals surface area contributed by atoms with Gasteiger partial charge in [-0.25, -0.2) is 4.39 Å². The lowest BCUT2D eigenvalue weighted by atomic mass is 10.1. The number of para-hydroxylation sites is 1. The van der Waals surface area contributed by atoms with E-state index in [1.165, 1.54) is 6.07 Å². The molecule has 0 bridgehead atoms. The van der Waals surface area contributed by atoms with Crippen LogP contribution in [-0.4, -0.2) is 9.55 Å². The van der Waals surface area contributed by atoms with Gasteiger partial charge in [0.2, 0.25) is 0 Å². The first-order valence-electron chi connectivity index (χ1n) is 6.22. The van der Waals surface area contributed by atoms with Gasteiger partial charge >= 0.3 is 0 Å². The molecule has 0 saturated carbocycles. The molecule has 1 N–H and O–H groups in total. The van der Waals surface area contributed by atoms with E-state index in [2.05, 4.69) is 4.98 Å². The molecule has 2 aromatic carbocycles. The standard InChI is InChI=1S/C15H12ClFN2S/c1-9(10-5-2-3-6-11(10)16)19-13-8-4-7-12(17)14(13)18-15(19)20/h2-9H,1H3,(H,18,20). The van der Waals surface area contributed by atoms with Crippen molar-refractivity contribution in [3.05, 3.63) is 63.6 Å². The van der Waals surface area contributed by atoms with Gasteiger partial charge in [0, 0.05) is 5.02 Å². The fourth-order valence-electron chi connectivity index (χ4n) is 2.45. The molecular weight excluding hydrogens is 295 g/mol. The van der Waals surface area contributed by atoms with E-state index in [1.54, 1.807) is 6.07 Å². The highest BCUT2D eigenvalue weighted by molar-refractivity contribution is 7.71. The van der Waals surface area contributed by atoms with Crippen molar-refractivity contribution >= 4 is 34.9 Å². The number of fused-ring (bicyclic) bond motifs is 1. The van der Waals surface area contributed by atoms with Crippen LogP contribution in [0.15, 0.2) is 42.5 Å². The molecule has 0 aliphatic rings. The Balaban J connectivity index is 2.25. The number of aromatic amines is 1. The summed E-state index contributed by atoms with van der Waals surface area (Å²) in [5.41, 5.74) is 2.12. The average molecular weight is 307 g/mol. The van der Waals surface area contributed by atoms with Crippen LogP contribution < -0.4 is 0 Å². The fraction of sp³-hybridized carbons (Fsp3) is 0.133. The van der Waals surface area contributed by atoms with Gasteiger partial charge < -0.3 is 9.55 Å². The topological polar surface area (TPSA) is 20.7 Å². The predicted molar refractivity (Wildman–Crippen MR) is 82.3 cm³/mol. The molecule has 0 fully saturated rings. The lowest BCUT2D eigenvalue weighted by Crippen LogP contribution is -2.07. The summed E-state index contributed by atoms with van der Waals surface area (Å²) in [6.07, 6.45) is 0. The third kappa shape index (κ3) is 2.05. The Morgan fingerprint density at radius 3 is 2.70 bits per heavy atom. The van der Waals surface area contributed by atoms with E-state index in [1.807, 2.05) is 41.8 Å². The number of rotatable bonds is 2. The molecule has 1 aromatic heterocycles. The van der Waals surface area contributed by atoms with Crippen LogP contribution in [-0.2, 0) is 0 Å². The summed E-state index contributed by atoms with van der Waals surface area (Å²) in [6.45, 7) is 2.00. The Morgan fingerprint density at radius 2 is 1.95 bits per heavy atom. The number of imidazole rings is 1. The molecule has 0 aliphatic heterocycles. The van der Waals surface area contributed by atoms with Crippen LogP contribution in [0.1, 0.15) is 18.5 Å². The van der Waals surface area contributed by atoms with Gasteiger partial charge in [-0.2, -0.15) is 0 Å². The van der Waals surface area contributed by atoms with Crippen molar-refractivity contribution in [1.82, 2.24) is 9.55 Å². The number of hydrogen-bond acceptors (Lipinski definition) is 1. The van der Waals surface area contributed by atoms with E-state index in [9.17, 15) is 4.39 Å². The molecule has 2 nitrogen and oxygen atoms in total. The van der Waals surface area contributed by atoms with Gasteiger partial charge in [0.25, 0.3) is 0 Å². The van der Waals surface area contributed by atoms with Crippen LogP contribution in [0.3, 0.4) is 0 Å². The van der Waals surface area contributed by atoms with Gasteiger partial charge in [-0.15, -0.1) is 0 Å². The van der Waals surface area contributed by atoms with Gasteiger partial charge in [-0.1, -0.05) is 35.9 Å². The monoisotopic (exact) mass is 306 g/mol. The van der Waals surface area contributed by atoms with Gasteiger partial charge in [-0.05, 0) is 42.9 Å². The zero-order chi connectivity index (χ0) is 14.3. The molecular formula is C15H12ClFN2S. The Bertz CT molecular complexity index is 837. The zero-order valence-electron chi connectivity index (χ0n) is 10.7. The van der Waals surface area contributed by atoms with E-state index in [4.69, 9.17) is 23.8 Å². The normalized spacial score (nSPS) is 12.8. The molecule has 20 heavy (non-hydrogen) atoms. The van der Waals surface area contributed by atoms with Gasteiger partial charge in [0.05, 0.1) is 11.6 Å². The molecule has 3 aromatic rings. The highest BCUT2D eigenvalue weighted by Gasteiger charge is 2.16. The predicted octanol–water partition coefficient (Wildman–Crippen LogP) is 5.10. The first kappa shape index (κ1) is 13.3. The Morgan fingerprint density at radius 1 is 1.20 bits per heavy atom. The third-order valence-electron chi connectivity index (χ3n) is 3.44. The first-order chi connectivity index (χ1) is 9.59. The quantitative estimate of drug-likeness (QED) is 0.653. The van der Waals surface area contributed by atoms with Crippen molar-refractivity contribution < 1.29 is 4.39 Å². The number of aromatic nitrogens is 2. The molecule has 3 rings (SSSR count).